The van der Waals surface area contributed by atoms with Crippen LogP contribution in [0.15, 0.2) is 54.6 Å². The first-order valence-electron chi connectivity index (χ1n) is 8.57. The molecular weight excluding hydrogens is 348 g/mol. The van der Waals surface area contributed by atoms with Gasteiger partial charge in [0, 0.05) is 18.7 Å². The molecule has 1 saturated heterocycles. The summed E-state index contributed by atoms with van der Waals surface area (Å²) in [5, 5.41) is 2.68. The highest BCUT2D eigenvalue weighted by molar-refractivity contribution is 5.99. The molecule has 1 fully saturated rings. The molecule has 7 heteroatoms. The fraction of sp³-hybridized carbons (Fsp3) is 0.250. The Balaban J connectivity index is 1.80. The highest BCUT2D eigenvalue weighted by atomic mass is 16.5. The first kappa shape index (κ1) is 18.4. The van der Waals surface area contributed by atoms with Gasteiger partial charge in [0.2, 0.25) is 5.91 Å². The highest BCUT2D eigenvalue weighted by Gasteiger charge is 2.35. The standard InChI is InChI=1S/C20H20N2O5/c1-26-18(23)13-17-19(24)21-10-11-22(17)20(25)14-6-5-9-16(12-14)27-15-7-3-2-4-8-15/h2-9,12,17H,10-11,13H2,1H3,(H,21,24)/t17-/m1/s1. The third kappa shape index (κ3) is 4.44. The van der Waals surface area contributed by atoms with Gasteiger partial charge in [-0.05, 0) is 30.3 Å². The van der Waals surface area contributed by atoms with Crippen molar-refractivity contribution >= 4 is 17.8 Å². The SMILES string of the molecule is COC(=O)C[C@@H]1C(=O)NCCN1C(=O)c1cccc(Oc2ccccc2)c1. The number of carbonyl (C=O) groups is 3. The van der Waals surface area contributed by atoms with Crippen LogP contribution in [-0.4, -0.2) is 48.9 Å². The molecule has 0 aromatic heterocycles. The van der Waals surface area contributed by atoms with Crippen LogP contribution >= 0.6 is 0 Å². The van der Waals surface area contributed by atoms with Gasteiger partial charge in [-0.15, -0.1) is 0 Å². The van der Waals surface area contributed by atoms with E-state index in [1.165, 1.54) is 12.0 Å². The Labute approximate surface area is 156 Å². The van der Waals surface area contributed by atoms with Gasteiger partial charge >= 0.3 is 5.97 Å². The molecule has 2 aromatic carbocycles. The highest BCUT2D eigenvalue weighted by Crippen LogP contribution is 2.23. The number of esters is 1. The number of methoxy groups -OCH3 is 1. The lowest BCUT2D eigenvalue weighted by molar-refractivity contribution is -0.145. The van der Waals surface area contributed by atoms with E-state index < -0.39 is 12.0 Å². The Kier molecular flexibility index (Phi) is 5.71. The van der Waals surface area contributed by atoms with E-state index in [2.05, 4.69) is 10.1 Å². The molecule has 1 aliphatic heterocycles. The number of ether oxygens (including phenoxy) is 2. The number of piperazine rings is 1. The lowest BCUT2D eigenvalue weighted by Crippen LogP contribution is -2.57. The summed E-state index contributed by atoms with van der Waals surface area (Å²) >= 11 is 0. The van der Waals surface area contributed by atoms with Crippen molar-refractivity contribution in [3.8, 4) is 11.5 Å². The van der Waals surface area contributed by atoms with Gasteiger partial charge in [0.05, 0.1) is 13.5 Å². The second-order valence-electron chi connectivity index (χ2n) is 6.03. The molecule has 140 valence electrons. The van der Waals surface area contributed by atoms with Gasteiger partial charge in [0.25, 0.3) is 5.91 Å². The van der Waals surface area contributed by atoms with Gasteiger partial charge in [-0.3, -0.25) is 14.4 Å². The van der Waals surface area contributed by atoms with Crippen LogP contribution in [0.3, 0.4) is 0 Å². The number of amides is 2. The van der Waals surface area contributed by atoms with Crippen molar-refractivity contribution in [3.63, 3.8) is 0 Å². The first-order valence-corrected chi connectivity index (χ1v) is 8.57. The van der Waals surface area contributed by atoms with Crippen LogP contribution in [0.25, 0.3) is 0 Å². The lowest BCUT2D eigenvalue weighted by Gasteiger charge is -2.34. The Bertz CT molecular complexity index is 837. The maximum absolute atomic E-state index is 13.0. The molecule has 0 unspecified atom stereocenters. The van der Waals surface area contributed by atoms with Crippen molar-refractivity contribution in [2.24, 2.45) is 0 Å². The zero-order valence-corrected chi connectivity index (χ0v) is 14.9. The molecule has 1 N–H and O–H groups in total. The number of carbonyl (C=O) groups excluding carboxylic acids is 3. The fourth-order valence-corrected chi connectivity index (χ4v) is 2.88. The minimum absolute atomic E-state index is 0.186. The van der Waals surface area contributed by atoms with Crippen LogP contribution in [0, 0.1) is 0 Å². The van der Waals surface area contributed by atoms with Crippen LogP contribution in [0.5, 0.6) is 11.5 Å². The van der Waals surface area contributed by atoms with Crippen molar-refractivity contribution in [2.75, 3.05) is 20.2 Å². The minimum Gasteiger partial charge on any atom is -0.469 e. The summed E-state index contributed by atoms with van der Waals surface area (Å²) in [5.74, 6) is -0.0778. The predicted octanol–water partition coefficient (Wildman–Crippen LogP) is 1.98. The normalized spacial score (nSPS) is 16.4. The summed E-state index contributed by atoms with van der Waals surface area (Å²) in [4.78, 5) is 38.2. The van der Waals surface area contributed by atoms with Crippen molar-refractivity contribution in [3.05, 3.63) is 60.2 Å². The number of nitrogens with one attached hydrogen (secondary N) is 1. The van der Waals surface area contributed by atoms with Crippen LogP contribution in [-0.2, 0) is 14.3 Å². The monoisotopic (exact) mass is 368 g/mol. The number of para-hydroxylation sites is 1. The minimum atomic E-state index is -0.891. The number of benzene rings is 2. The van der Waals surface area contributed by atoms with E-state index in [4.69, 9.17) is 4.74 Å². The molecule has 27 heavy (non-hydrogen) atoms. The molecule has 3 rings (SSSR count). The average Bonchev–Trinajstić information content (AvgIpc) is 2.70. The Morgan fingerprint density at radius 3 is 2.59 bits per heavy atom. The summed E-state index contributed by atoms with van der Waals surface area (Å²) in [6.07, 6.45) is -0.186. The summed E-state index contributed by atoms with van der Waals surface area (Å²) < 4.78 is 10.4. The van der Waals surface area contributed by atoms with Gasteiger partial charge < -0.3 is 19.7 Å². The zero-order chi connectivity index (χ0) is 19.2. The number of hydrogen-bond donors (Lipinski definition) is 1. The number of nitrogens with zero attached hydrogens (tertiary/aromatic N) is 1. The van der Waals surface area contributed by atoms with Crippen molar-refractivity contribution < 1.29 is 23.9 Å². The Morgan fingerprint density at radius 2 is 1.85 bits per heavy atom. The van der Waals surface area contributed by atoms with Crippen molar-refractivity contribution in [1.29, 1.82) is 0 Å². The van der Waals surface area contributed by atoms with Crippen molar-refractivity contribution in [2.45, 2.75) is 12.5 Å². The average molecular weight is 368 g/mol. The second-order valence-corrected chi connectivity index (χ2v) is 6.03. The molecule has 0 aliphatic carbocycles. The molecule has 0 saturated carbocycles. The number of rotatable bonds is 5. The molecule has 1 heterocycles. The number of hydrogen-bond acceptors (Lipinski definition) is 5. The van der Waals surface area contributed by atoms with Crippen LogP contribution in [0.4, 0.5) is 0 Å². The third-order valence-electron chi connectivity index (χ3n) is 4.24. The molecule has 0 radical (unpaired) electrons. The maximum atomic E-state index is 13.0. The van der Waals surface area contributed by atoms with Crippen LogP contribution < -0.4 is 10.1 Å². The Morgan fingerprint density at radius 1 is 1.11 bits per heavy atom. The topological polar surface area (TPSA) is 84.9 Å². The van der Waals surface area contributed by atoms with Crippen LogP contribution in [0.1, 0.15) is 16.8 Å². The lowest BCUT2D eigenvalue weighted by atomic mass is 10.1. The van der Waals surface area contributed by atoms with E-state index in [1.807, 2.05) is 30.3 Å². The fourth-order valence-electron chi connectivity index (χ4n) is 2.88. The van der Waals surface area contributed by atoms with E-state index in [9.17, 15) is 14.4 Å². The second kappa shape index (κ2) is 8.35. The molecule has 0 bridgehead atoms. The van der Waals surface area contributed by atoms with Gasteiger partial charge in [0.1, 0.15) is 17.5 Å². The first-order chi connectivity index (χ1) is 13.1. The van der Waals surface area contributed by atoms with E-state index in [-0.39, 0.29) is 18.2 Å². The quantitative estimate of drug-likeness (QED) is 0.816. The molecule has 1 aliphatic rings. The van der Waals surface area contributed by atoms with E-state index in [0.29, 0.717) is 30.2 Å². The summed E-state index contributed by atoms with van der Waals surface area (Å²) in [6.45, 7) is 0.651. The molecule has 7 nitrogen and oxygen atoms in total. The van der Waals surface area contributed by atoms with Crippen molar-refractivity contribution in [1.82, 2.24) is 10.2 Å². The van der Waals surface area contributed by atoms with Gasteiger partial charge in [-0.25, -0.2) is 0 Å². The predicted molar refractivity (Wildman–Crippen MR) is 97.4 cm³/mol. The Hall–Kier alpha value is -3.35. The molecular formula is C20H20N2O5. The van der Waals surface area contributed by atoms with Crippen LogP contribution in [0.2, 0.25) is 0 Å². The smallest absolute Gasteiger partial charge is 0.308 e. The summed E-state index contributed by atoms with van der Waals surface area (Å²) in [5.41, 5.74) is 0.382. The van der Waals surface area contributed by atoms with Gasteiger partial charge in [0.15, 0.2) is 0 Å². The summed E-state index contributed by atoms with van der Waals surface area (Å²) in [6, 6.07) is 15.1. The van der Waals surface area contributed by atoms with E-state index in [1.54, 1.807) is 24.3 Å². The zero-order valence-electron chi connectivity index (χ0n) is 14.9. The molecule has 1 atom stereocenters. The maximum Gasteiger partial charge on any atom is 0.308 e. The molecule has 2 aromatic rings. The molecule has 0 spiro atoms. The van der Waals surface area contributed by atoms with Gasteiger partial charge in [-0.2, -0.15) is 0 Å². The molecule has 2 amide bonds. The van der Waals surface area contributed by atoms with E-state index in [0.717, 1.165) is 0 Å². The van der Waals surface area contributed by atoms with E-state index >= 15 is 0 Å². The largest absolute Gasteiger partial charge is 0.469 e. The van der Waals surface area contributed by atoms with Gasteiger partial charge in [-0.1, -0.05) is 24.3 Å². The third-order valence-corrected chi connectivity index (χ3v) is 4.24. The summed E-state index contributed by atoms with van der Waals surface area (Å²) in [7, 11) is 1.25.